The summed E-state index contributed by atoms with van der Waals surface area (Å²) in [5, 5.41) is 0. The molecule has 0 unspecified atom stereocenters. The molecule has 0 aromatic heterocycles. The Hall–Kier alpha value is -0.850. The van der Waals surface area contributed by atoms with E-state index in [9.17, 15) is 4.39 Å². The van der Waals surface area contributed by atoms with Crippen LogP contribution >= 0.6 is 0 Å². The van der Waals surface area contributed by atoms with Crippen molar-refractivity contribution in [3.05, 3.63) is 35.6 Å². The Labute approximate surface area is 91.5 Å². The lowest BCUT2D eigenvalue weighted by Gasteiger charge is -2.35. The van der Waals surface area contributed by atoms with E-state index < -0.39 is 0 Å². The fraction of sp³-hybridized carbons (Fsp3) is 0.571. The molecular weight excluding hydrogens is 187 g/mol. The molecule has 1 aliphatic carbocycles. The molecule has 1 saturated carbocycles. The van der Waals surface area contributed by atoms with Gasteiger partial charge in [0.05, 0.1) is 0 Å². The van der Waals surface area contributed by atoms with Gasteiger partial charge in [0.2, 0.25) is 0 Å². The molecule has 0 bridgehead atoms. The van der Waals surface area contributed by atoms with Gasteiger partial charge in [0.25, 0.3) is 0 Å². The number of hydrogen-bond acceptors (Lipinski definition) is 0. The first-order chi connectivity index (χ1) is 7.07. The Balaban J connectivity index is 2.13. The second-order valence-corrected chi connectivity index (χ2v) is 5.51. The van der Waals surface area contributed by atoms with Crippen LogP contribution in [0, 0.1) is 11.2 Å². The quantitative estimate of drug-likeness (QED) is 0.634. The van der Waals surface area contributed by atoms with Gasteiger partial charge < -0.3 is 0 Å². The molecule has 1 aliphatic rings. The maximum absolute atomic E-state index is 12.8. The minimum absolute atomic E-state index is 0.131. The van der Waals surface area contributed by atoms with Gasteiger partial charge in [-0.15, -0.1) is 0 Å². The number of halogens is 1. The van der Waals surface area contributed by atoms with Gasteiger partial charge in [0.1, 0.15) is 5.82 Å². The van der Waals surface area contributed by atoms with Crippen LogP contribution in [0.3, 0.4) is 0 Å². The van der Waals surface area contributed by atoms with Crippen LogP contribution in [0.4, 0.5) is 4.39 Å². The lowest BCUT2D eigenvalue weighted by molar-refractivity contribution is 0.219. The molecule has 1 aromatic rings. The molecular formula is C14H19F. The maximum Gasteiger partial charge on any atom is 0.123 e. The Morgan fingerprint density at radius 2 is 1.87 bits per heavy atom. The van der Waals surface area contributed by atoms with Crippen LogP contribution in [0.5, 0.6) is 0 Å². The minimum atomic E-state index is -0.131. The predicted molar refractivity (Wildman–Crippen MR) is 61.4 cm³/mol. The number of rotatable bonds is 1. The van der Waals surface area contributed by atoms with Crippen LogP contribution in [-0.4, -0.2) is 0 Å². The average molecular weight is 206 g/mol. The van der Waals surface area contributed by atoms with Gasteiger partial charge in [-0.1, -0.05) is 32.4 Å². The molecule has 0 nitrogen and oxygen atoms in total. The normalized spacial score (nSPS) is 25.1. The van der Waals surface area contributed by atoms with Gasteiger partial charge in [-0.3, -0.25) is 0 Å². The van der Waals surface area contributed by atoms with E-state index >= 15 is 0 Å². The summed E-state index contributed by atoms with van der Waals surface area (Å²) in [4.78, 5) is 0. The molecule has 0 N–H and O–H groups in total. The van der Waals surface area contributed by atoms with Crippen LogP contribution in [0.15, 0.2) is 24.3 Å². The van der Waals surface area contributed by atoms with E-state index in [4.69, 9.17) is 0 Å². The molecule has 0 heterocycles. The van der Waals surface area contributed by atoms with Crippen molar-refractivity contribution < 1.29 is 4.39 Å². The fourth-order valence-electron chi connectivity index (χ4n) is 2.72. The fourth-order valence-corrected chi connectivity index (χ4v) is 2.72. The summed E-state index contributed by atoms with van der Waals surface area (Å²) in [6, 6.07) is 7.05. The smallest absolute Gasteiger partial charge is 0.123 e. The van der Waals surface area contributed by atoms with Gasteiger partial charge in [-0.25, -0.2) is 4.39 Å². The largest absolute Gasteiger partial charge is 0.207 e. The van der Waals surface area contributed by atoms with Gasteiger partial charge in [-0.05, 0) is 48.3 Å². The summed E-state index contributed by atoms with van der Waals surface area (Å²) in [5.74, 6) is 0.503. The van der Waals surface area contributed by atoms with E-state index in [2.05, 4.69) is 13.8 Å². The molecule has 1 atom stereocenters. The minimum Gasteiger partial charge on any atom is -0.207 e. The highest BCUT2D eigenvalue weighted by molar-refractivity contribution is 5.21. The third kappa shape index (κ3) is 2.58. The van der Waals surface area contributed by atoms with Crippen molar-refractivity contribution in [3.63, 3.8) is 0 Å². The summed E-state index contributed by atoms with van der Waals surface area (Å²) < 4.78 is 12.8. The Morgan fingerprint density at radius 1 is 1.20 bits per heavy atom. The topological polar surface area (TPSA) is 0 Å². The van der Waals surface area contributed by atoms with Crippen LogP contribution in [0.2, 0.25) is 0 Å². The van der Waals surface area contributed by atoms with Crippen molar-refractivity contribution in [2.45, 2.75) is 45.4 Å². The van der Waals surface area contributed by atoms with E-state index in [0.717, 1.165) is 0 Å². The SMILES string of the molecule is CC1(C)CCC[C@@H](c2ccc(F)cc2)C1. The second kappa shape index (κ2) is 3.96. The lowest BCUT2D eigenvalue weighted by atomic mass is 9.70. The van der Waals surface area contributed by atoms with Crippen LogP contribution < -0.4 is 0 Å². The molecule has 0 amide bonds. The summed E-state index contributed by atoms with van der Waals surface area (Å²) in [7, 11) is 0. The Bertz CT molecular complexity index is 324. The molecule has 15 heavy (non-hydrogen) atoms. The van der Waals surface area contributed by atoms with Crippen LogP contribution in [0.1, 0.15) is 51.0 Å². The van der Waals surface area contributed by atoms with Crippen molar-refractivity contribution in [2.75, 3.05) is 0 Å². The van der Waals surface area contributed by atoms with Crippen molar-refractivity contribution in [1.82, 2.24) is 0 Å². The van der Waals surface area contributed by atoms with Gasteiger partial charge in [-0.2, -0.15) is 0 Å². The zero-order valence-electron chi connectivity index (χ0n) is 9.59. The predicted octanol–water partition coefficient (Wildman–Crippen LogP) is 4.51. The highest BCUT2D eigenvalue weighted by atomic mass is 19.1. The standard InChI is InChI=1S/C14H19F/c1-14(2)9-3-4-12(10-14)11-5-7-13(15)8-6-11/h5-8,12H,3-4,9-10H2,1-2H3/t12-/m1/s1. The summed E-state index contributed by atoms with van der Waals surface area (Å²) in [6.07, 6.45) is 5.12. The van der Waals surface area contributed by atoms with E-state index in [1.165, 1.54) is 31.2 Å². The van der Waals surface area contributed by atoms with E-state index in [1.807, 2.05) is 12.1 Å². The Morgan fingerprint density at radius 3 is 2.47 bits per heavy atom. The third-order valence-electron chi connectivity index (χ3n) is 3.55. The van der Waals surface area contributed by atoms with Crippen molar-refractivity contribution in [2.24, 2.45) is 5.41 Å². The average Bonchev–Trinajstić information content (AvgIpc) is 2.17. The monoisotopic (exact) mass is 206 g/mol. The molecule has 82 valence electrons. The summed E-state index contributed by atoms with van der Waals surface area (Å²) in [5.41, 5.74) is 1.77. The zero-order valence-corrected chi connectivity index (χ0v) is 9.59. The zero-order chi connectivity index (χ0) is 10.9. The van der Waals surface area contributed by atoms with Crippen molar-refractivity contribution >= 4 is 0 Å². The van der Waals surface area contributed by atoms with Crippen LogP contribution in [0.25, 0.3) is 0 Å². The number of benzene rings is 1. The molecule has 0 radical (unpaired) electrons. The first-order valence-corrected chi connectivity index (χ1v) is 5.82. The number of hydrogen-bond donors (Lipinski definition) is 0. The molecule has 0 saturated heterocycles. The highest BCUT2D eigenvalue weighted by Crippen LogP contribution is 2.43. The molecule has 0 aliphatic heterocycles. The molecule has 0 spiro atoms. The second-order valence-electron chi connectivity index (χ2n) is 5.51. The van der Waals surface area contributed by atoms with Gasteiger partial charge in [0.15, 0.2) is 0 Å². The summed E-state index contributed by atoms with van der Waals surface area (Å²) >= 11 is 0. The molecule has 2 rings (SSSR count). The van der Waals surface area contributed by atoms with E-state index in [0.29, 0.717) is 11.3 Å². The summed E-state index contributed by atoms with van der Waals surface area (Å²) in [6.45, 7) is 4.67. The first kappa shape index (κ1) is 10.7. The molecule has 1 fully saturated rings. The van der Waals surface area contributed by atoms with E-state index in [-0.39, 0.29) is 5.82 Å². The molecule has 1 heteroatoms. The van der Waals surface area contributed by atoms with Crippen molar-refractivity contribution in [1.29, 1.82) is 0 Å². The lowest BCUT2D eigenvalue weighted by Crippen LogP contribution is -2.21. The Kier molecular flexibility index (Phi) is 2.81. The highest BCUT2D eigenvalue weighted by Gasteiger charge is 2.28. The van der Waals surface area contributed by atoms with Crippen molar-refractivity contribution in [3.8, 4) is 0 Å². The maximum atomic E-state index is 12.8. The third-order valence-corrected chi connectivity index (χ3v) is 3.55. The van der Waals surface area contributed by atoms with Gasteiger partial charge >= 0.3 is 0 Å². The van der Waals surface area contributed by atoms with E-state index in [1.54, 1.807) is 12.1 Å². The van der Waals surface area contributed by atoms with Crippen LogP contribution in [-0.2, 0) is 0 Å². The first-order valence-electron chi connectivity index (χ1n) is 5.82. The molecule has 1 aromatic carbocycles. The van der Waals surface area contributed by atoms with Gasteiger partial charge in [0, 0.05) is 0 Å².